The largest absolute Gasteiger partial charge is 0.507 e. The summed E-state index contributed by atoms with van der Waals surface area (Å²) in [5.41, 5.74) is 2.90. The molecule has 214 valence electrons. The summed E-state index contributed by atoms with van der Waals surface area (Å²) < 4.78 is 6.21. The first kappa shape index (κ1) is 31.0. The number of hydrogen-bond acceptors (Lipinski definition) is 7. The Labute approximate surface area is 237 Å². The first-order valence-corrected chi connectivity index (χ1v) is 14.1. The maximum atomic E-state index is 13.4. The van der Waals surface area contributed by atoms with E-state index >= 15 is 0 Å². The van der Waals surface area contributed by atoms with E-state index in [4.69, 9.17) is 9.84 Å². The number of benzene rings is 1. The number of hydrogen-bond donors (Lipinski definition) is 4. The van der Waals surface area contributed by atoms with Gasteiger partial charge in [-0.1, -0.05) is 34.0 Å². The summed E-state index contributed by atoms with van der Waals surface area (Å²) in [5.74, 6) is -3.41. The van der Waals surface area contributed by atoms with Gasteiger partial charge in [0.05, 0.1) is 31.2 Å². The number of carbonyl (C=O) groups excluding carboxylic acids is 2. The summed E-state index contributed by atoms with van der Waals surface area (Å²) in [7, 11) is 1.53. The van der Waals surface area contributed by atoms with Gasteiger partial charge in [-0.25, -0.2) is 0 Å². The second-order valence-corrected chi connectivity index (χ2v) is 11.3. The summed E-state index contributed by atoms with van der Waals surface area (Å²) in [4.78, 5) is 38.6. The van der Waals surface area contributed by atoms with E-state index < -0.39 is 29.8 Å². The minimum Gasteiger partial charge on any atom is -0.507 e. The lowest BCUT2D eigenvalue weighted by Gasteiger charge is -2.36. The van der Waals surface area contributed by atoms with Crippen molar-refractivity contribution in [3.63, 3.8) is 0 Å². The number of aliphatic carboxylic acids is 1. The molecule has 0 aromatic heterocycles. The van der Waals surface area contributed by atoms with Crippen LogP contribution in [0.25, 0.3) is 6.08 Å². The SMILES string of the molecule is COCC1=C([C@H](O)CC/C(C)=C/c2cc(Br)ccc2O)[C@H](CO)[C@@H]2C(=O)N(CCCCCC(=O)O)C(=O)[C@@H]2C1. The number of carboxylic acid groups (broad SMARTS) is 1. The van der Waals surface area contributed by atoms with E-state index in [1.165, 1.54) is 12.0 Å². The number of phenolic OH excluding ortho intramolecular Hbond substituents is 1. The fourth-order valence-corrected chi connectivity index (χ4v) is 6.15. The number of amides is 2. The Morgan fingerprint density at radius 3 is 2.62 bits per heavy atom. The van der Waals surface area contributed by atoms with Crippen LogP contribution >= 0.6 is 15.9 Å². The van der Waals surface area contributed by atoms with Crippen LogP contribution in [0, 0.1) is 17.8 Å². The summed E-state index contributed by atoms with van der Waals surface area (Å²) >= 11 is 3.40. The molecule has 0 spiro atoms. The van der Waals surface area contributed by atoms with Gasteiger partial charge in [0.25, 0.3) is 0 Å². The summed E-state index contributed by atoms with van der Waals surface area (Å²) in [6, 6.07) is 5.15. The third-order valence-electron chi connectivity index (χ3n) is 7.63. The number of phenols is 1. The van der Waals surface area contributed by atoms with Gasteiger partial charge in [0.1, 0.15) is 5.75 Å². The van der Waals surface area contributed by atoms with Crippen LogP contribution in [0.4, 0.5) is 0 Å². The zero-order chi connectivity index (χ0) is 28.7. The molecular weight excluding hydrogens is 570 g/mol. The topological polar surface area (TPSA) is 145 Å². The molecule has 0 saturated carbocycles. The quantitative estimate of drug-likeness (QED) is 0.141. The van der Waals surface area contributed by atoms with Gasteiger partial charge < -0.3 is 25.2 Å². The predicted molar refractivity (Wildman–Crippen MR) is 149 cm³/mol. The van der Waals surface area contributed by atoms with Crippen molar-refractivity contribution in [3.8, 4) is 5.75 Å². The molecule has 9 nitrogen and oxygen atoms in total. The van der Waals surface area contributed by atoms with Gasteiger partial charge in [-0.15, -0.1) is 0 Å². The molecular formula is C29H38BrNO8. The monoisotopic (exact) mass is 607 g/mol. The molecule has 0 unspecified atom stereocenters. The molecule has 2 aliphatic rings. The van der Waals surface area contributed by atoms with Crippen LogP contribution in [0.15, 0.2) is 39.4 Å². The molecule has 0 radical (unpaired) electrons. The Morgan fingerprint density at radius 1 is 1.21 bits per heavy atom. The van der Waals surface area contributed by atoms with Crippen LogP contribution in [0.1, 0.15) is 57.4 Å². The average molecular weight is 609 g/mol. The van der Waals surface area contributed by atoms with Crippen molar-refractivity contribution in [1.29, 1.82) is 0 Å². The Hall–Kier alpha value is -2.53. The molecule has 1 aromatic carbocycles. The lowest BCUT2D eigenvalue weighted by molar-refractivity contribution is -0.141. The normalized spacial score (nSPS) is 22.4. The van der Waals surface area contributed by atoms with Crippen molar-refractivity contribution in [2.24, 2.45) is 17.8 Å². The molecule has 1 aliphatic heterocycles. The summed E-state index contributed by atoms with van der Waals surface area (Å²) in [6.45, 7) is 1.92. The predicted octanol–water partition coefficient (Wildman–Crippen LogP) is 3.90. The van der Waals surface area contributed by atoms with Gasteiger partial charge in [-0.2, -0.15) is 0 Å². The molecule has 10 heteroatoms. The smallest absolute Gasteiger partial charge is 0.303 e. The number of fused-ring (bicyclic) bond motifs is 1. The molecule has 1 heterocycles. The zero-order valence-corrected chi connectivity index (χ0v) is 24.0. The van der Waals surface area contributed by atoms with Crippen molar-refractivity contribution >= 4 is 39.8 Å². The van der Waals surface area contributed by atoms with Gasteiger partial charge in [-0.05, 0) is 68.4 Å². The number of imide groups is 1. The van der Waals surface area contributed by atoms with E-state index in [1.54, 1.807) is 18.2 Å². The lowest BCUT2D eigenvalue weighted by Crippen LogP contribution is -2.39. The number of nitrogens with zero attached hydrogens (tertiary/aromatic N) is 1. The maximum absolute atomic E-state index is 13.4. The lowest BCUT2D eigenvalue weighted by atomic mass is 9.68. The van der Waals surface area contributed by atoms with E-state index in [-0.39, 0.29) is 50.2 Å². The summed E-state index contributed by atoms with van der Waals surface area (Å²) in [5, 5.41) is 40.6. The van der Waals surface area contributed by atoms with Gasteiger partial charge in [0, 0.05) is 36.0 Å². The molecule has 4 atom stereocenters. The van der Waals surface area contributed by atoms with Gasteiger partial charge in [0.2, 0.25) is 11.8 Å². The highest BCUT2D eigenvalue weighted by molar-refractivity contribution is 9.10. The van der Waals surface area contributed by atoms with E-state index in [0.29, 0.717) is 43.2 Å². The number of carboxylic acids is 1. The number of methoxy groups -OCH3 is 1. The van der Waals surface area contributed by atoms with Crippen LogP contribution in [-0.2, 0) is 19.1 Å². The Bertz CT molecular complexity index is 1130. The highest BCUT2D eigenvalue weighted by atomic mass is 79.9. The second kappa shape index (κ2) is 14.2. The van der Waals surface area contributed by atoms with E-state index in [2.05, 4.69) is 15.9 Å². The van der Waals surface area contributed by atoms with Crippen LogP contribution in [0.3, 0.4) is 0 Å². The third-order valence-corrected chi connectivity index (χ3v) is 8.12. The number of aliphatic hydroxyl groups excluding tert-OH is 2. The number of allylic oxidation sites excluding steroid dienone is 1. The number of rotatable bonds is 14. The number of halogens is 1. The molecule has 0 bridgehead atoms. The fourth-order valence-electron chi connectivity index (χ4n) is 5.77. The molecule has 2 amide bonds. The number of ether oxygens (including phenoxy) is 1. The highest BCUT2D eigenvalue weighted by Gasteiger charge is 2.54. The number of likely N-dealkylation sites (tertiary alicyclic amines) is 1. The van der Waals surface area contributed by atoms with Crippen LogP contribution < -0.4 is 0 Å². The van der Waals surface area contributed by atoms with E-state index in [0.717, 1.165) is 15.6 Å². The van der Waals surface area contributed by atoms with Gasteiger partial charge in [-0.3, -0.25) is 19.3 Å². The molecule has 1 aromatic rings. The van der Waals surface area contributed by atoms with Crippen molar-refractivity contribution in [3.05, 3.63) is 45.0 Å². The van der Waals surface area contributed by atoms with Crippen LogP contribution in [-0.4, -0.2) is 76.1 Å². The molecule has 1 fully saturated rings. The van der Waals surface area contributed by atoms with E-state index in [1.807, 2.05) is 13.0 Å². The van der Waals surface area contributed by atoms with Crippen LogP contribution in [0.5, 0.6) is 5.75 Å². The summed E-state index contributed by atoms with van der Waals surface area (Å²) in [6.07, 6.45) is 3.66. The zero-order valence-electron chi connectivity index (χ0n) is 22.4. The van der Waals surface area contributed by atoms with E-state index in [9.17, 15) is 29.7 Å². The number of unbranched alkanes of at least 4 members (excludes halogenated alkanes) is 2. The number of aromatic hydroxyl groups is 1. The van der Waals surface area contributed by atoms with Crippen molar-refractivity contribution < 1.29 is 39.5 Å². The van der Waals surface area contributed by atoms with Crippen molar-refractivity contribution in [2.45, 2.75) is 58.0 Å². The van der Waals surface area contributed by atoms with Crippen molar-refractivity contribution in [1.82, 2.24) is 4.90 Å². The number of carbonyl (C=O) groups is 3. The molecule has 1 aliphatic carbocycles. The van der Waals surface area contributed by atoms with Crippen molar-refractivity contribution in [2.75, 3.05) is 26.9 Å². The minimum atomic E-state index is -0.944. The standard InChI is InChI=1S/C29H38BrNO8/c1-17(12-18-13-20(30)8-10-23(18)33)7-9-24(34)26-19(16-39-2)14-21-27(22(26)15-32)29(38)31(28(21)37)11-5-3-4-6-25(35)36/h8,10,12-13,21-22,24,27,32-34H,3-7,9,11,14-16H2,1-2H3,(H,35,36)/b17-12+/t21-,22+,24-,27-/m1/s1. The van der Waals surface area contributed by atoms with Crippen LogP contribution in [0.2, 0.25) is 0 Å². The Kier molecular flexibility index (Phi) is 11.3. The molecule has 3 rings (SSSR count). The van der Waals surface area contributed by atoms with Gasteiger partial charge >= 0.3 is 5.97 Å². The molecule has 39 heavy (non-hydrogen) atoms. The Morgan fingerprint density at radius 2 is 1.95 bits per heavy atom. The van der Waals surface area contributed by atoms with Gasteiger partial charge in [0.15, 0.2) is 0 Å². The Balaban J connectivity index is 1.75. The first-order chi connectivity index (χ1) is 18.6. The second-order valence-electron chi connectivity index (χ2n) is 10.4. The highest BCUT2D eigenvalue weighted by Crippen LogP contribution is 2.46. The molecule has 4 N–H and O–H groups in total. The third kappa shape index (κ3) is 7.57. The minimum absolute atomic E-state index is 0.0456. The first-order valence-electron chi connectivity index (χ1n) is 13.3. The molecule has 1 saturated heterocycles. The average Bonchev–Trinajstić information content (AvgIpc) is 3.12. The maximum Gasteiger partial charge on any atom is 0.303 e. The number of aliphatic hydroxyl groups is 2. The fraction of sp³-hybridized carbons (Fsp3) is 0.552.